The van der Waals surface area contributed by atoms with E-state index in [0.717, 1.165) is 11.6 Å². The molecule has 1 heterocycles. The quantitative estimate of drug-likeness (QED) is 0.578. The molecular weight excluding hydrogens is 134 g/mol. The van der Waals surface area contributed by atoms with E-state index in [1.165, 1.54) is 0 Å². The Hall–Kier alpha value is -0.510. The molecule has 0 bridgehead atoms. The van der Waals surface area contributed by atoms with Crippen LogP contribution in [0.5, 0.6) is 0 Å². The highest BCUT2D eigenvalue weighted by Crippen LogP contribution is 2.12. The second-order valence-corrected chi connectivity index (χ2v) is 2.73. The summed E-state index contributed by atoms with van der Waals surface area (Å²) in [6.45, 7) is 3.80. The summed E-state index contributed by atoms with van der Waals surface area (Å²) in [4.78, 5) is 4.07. The van der Waals surface area contributed by atoms with Crippen molar-refractivity contribution in [3.05, 3.63) is 11.6 Å². The maximum atomic E-state index is 4.16. The Labute approximate surface area is 59.3 Å². The number of thiol groups is 1. The summed E-state index contributed by atoms with van der Waals surface area (Å²) in [5.74, 6) is 1.60. The Morgan fingerprint density at radius 2 is 2.33 bits per heavy atom. The molecule has 0 aliphatic rings. The van der Waals surface area contributed by atoms with Crippen LogP contribution in [0.4, 0.5) is 0 Å². The van der Waals surface area contributed by atoms with E-state index in [9.17, 15) is 0 Å². The minimum atomic E-state index is 0.120. The topological polar surface area (TPSA) is 41.6 Å². The van der Waals surface area contributed by atoms with Crippen molar-refractivity contribution < 1.29 is 0 Å². The molecule has 1 aromatic rings. The summed E-state index contributed by atoms with van der Waals surface area (Å²) in [7, 11) is 0. The molecule has 1 unspecified atom stereocenters. The SMILES string of the molecule is Cc1nc(C(C)S)n[nH]1. The van der Waals surface area contributed by atoms with Crippen LogP contribution in [-0.4, -0.2) is 15.2 Å². The Kier molecular flexibility index (Phi) is 1.75. The van der Waals surface area contributed by atoms with E-state index in [2.05, 4.69) is 27.8 Å². The molecule has 50 valence electrons. The Morgan fingerprint density at radius 3 is 2.56 bits per heavy atom. The van der Waals surface area contributed by atoms with Crippen molar-refractivity contribution in [3.8, 4) is 0 Å². The Balaban J connectivity index is 2.85. The highest BCUT2D eigenvalue weighted by atomic mass is 32.1. The molecule has 0 aromatic carbocycles. The number of nitrogens with one attached hydrogen (secondary N) is 1. The number of aromatic amines is 1. The zero-order valence-corrected chi connectivity index (χ0v) is 6.31. The fourth-order valence-electron chi connectivity index (χ4n) is 0.547. The Morgan fingerprint density at radius 1 is 1.67 bits per heavy atom. The fraction of sp³-hybridized carbons (Fsp3) is 0.600. The summed E-state index contributed by atoms with van der Waals surface area (Å²) < 4.78 is 0. The van der Waals surface area contributed by atoms with Crippen molar-refractivity contribution in [1.82, 2.24) is 15.2 Å². The third-order valence-electron chi connectivity index (χ3n) is 0.988. The molecule has 0 amide bonds. The van der Waals surface area contributed by atoms with Crippen molar-refractivity contribution in [2.45, 2.75) is 19.1 Å². The largest absolute Gasteiger partial charge is 0.263 e. The lowest BCUT2D eigenvalue weighted by Crippen LogP contribution is -1.86. The predicted octanol–water partition coefficient (Wildman–Crippen LogP) is 1.10. The van der Waals surface area contributed by atoms with Gasteiger partial charge in [0.15, 0.2) is 5.82 Å². The maximum Gasteiger partial charge on any atom is 0.163 e. The number of aryl methyl sites for hydroxylation is 1. The molecule has 3 nitrogen and oxygen atoms in total. The smallest absolute Gasteiger partial charge is 0.163 e. The van der Waals surface area contributed by atoms with Crippen LogP contribution in [0.25, 0.3) is 0 Å². The molecule has 0 spiro atoms. The van der Waals surface area contributed by atoms with E-state index in [0.29, 0.717) is 0 Å². The number of hydrogen-bond donors (Lipinski definition) is 2. The van der Waals surface area contributed by atoms with Crippen molar-refractivity contribution >= 4 is 12.6 Å². The van der Waals surface area contributed by atoms with E-state index in [1.807, 2.05) is 13.8 Å². The number of aromatic nitrogens is 3. The van der Waals surface area contributed by atoms with Crippen LogP contribution in [0.1, 0.15) is 23.8 Å². The minimum Gasteiger partial charge on any atom is -0.263 e. The van der Waals surface area contributed by atoms with Crippen molar-refractivity contribution in [3.63, 3.8) is 0 Å². The van der Waals surface area contributed by atoms with Crippen molar-refractivity contribution in [1.29, 1.82) is 0 Å². The zero-order chi connectivity index (χ0) is 6.85. The average molecular weight is 143 g/mol. The van der Waals surface area contributed by atoms with Crippen molar-refractivity contribution in [2.24, 2.45) is 0 Å². The van der Waals surface area contributed by atoms with Gasteiger partial charge in [0.25, 0.3) is 0 Å². The lowest BCUT2D eigenvalue weighted by Gasteiger charge is -1.91. The van der Waals surface area contributed by atoms with Gasteiger partial charge in [0.1, 0.15) is 5.82 Å². The first-order valence-electron chi connectivity index (χ1n) is 2.77. The second-order valence-electron chi connectivity index (χ2n) is 1.95. The zero-order valence-electron chi connectivity index (χ0n) is 5.42. The molecule has 1 atom stereocenters. The molecule has 0 saturated heterocycles. The van der Waals surface area contributed by atoms with Gasteiger partial charge in [-0.3, -0.25) is 5.10 Å². The van der Waals surface area contributed by atoms with Crippen LogP contribution in [0.15, 0.2) is 0 Å². The van der Waals surface area contributed by atoms with Gasteiger partial charge in [-0.25, -0.2) is 4.98 Å². The van der Waals surface area contributed by atoms with Gasteiger partial charge in [0.05, 0.1) is 5.25 Å². The first kappa shape index (κ1) is 6.61. The summed E-state index contributed by atoms with van der Waals surface area (Å²) in [5.41, 5.74) is 0. The highest BCUT2D eigenvalue weighted by molar-refractivity contribution is 7.80. The average Bonchev–Trinajstić information content (AvgIpc) is 2.14. The minimum absolute atomic E-state index is 0.120. The summed E-state index contributed by atoms with van der Waals surface area (Å²) >= 11 is 4.16. The van der Waals surface area contributed by atoms with E-state index in [4.69, 9.17) is 0 Å². The lowest BCUT2D eigenvalue weighted by molar-refractivity contribution is 0.932. The predicted molar refractivity (Wildman–Crippen MR) is 38.5 cm³/mol. The van der Waals surface area contributed by atoms with E-state index in [-0.39, 0.29) is 5.25 Å². The Bertz CT molecular complexity index is 194. The molecular formula is C5H9N3S. The van der Waals surface area contributed by atoms with E-state index in [1.54, 1.807) is 0 Å². The molecule has 1 N–H and O–H groups in total. The molecule has 0 aliphatic carbocycles. The molecule has 0 fully saturated rings. The van der Waals surface area contributed by atoms with Gasteiger partial charge in [0, 0.05) is 0 Å². The van der Waals surface area contributed by atoms with Gasteiger partial charge in [-0.15, -0.1) is 0 Å². The molecule has 0 radical (unpaired) electrons. The van der Waals surface area contributed by atoms with Crippen molar-refractivity contribution in [2.75, 3.05) is 0 Å². The highest BCUT2D eigenvalue weighted by Gasteiger charge is 2.03. The summed E-state index contributed by atoms with van der Waals surface area (Å²) in [5, 5.41) is 6.76. The molecule has 1 rings (SSSR count). The normalized spacial score (nSPS) is 13.7. The van der Waals surface area contributed by atoms with Crippen LogP contribution in [-0.2, 0) is 0 Å². The number of H-pyrrole nitrogens is 1. The van der Waals surface area contributed by atoms with Crippen LogP contribution < -0.4 is 0 Å². The van der Waals surface area contributed by atoms with Crippen LogP contribution in [0, 0.1) is 6.92 Å². The molecule has 4 heteroatoms. The van der Waals surface area contributed by atoms with E-state index < -0.39 is 0 Å². The van der Waals surface area contributed by atoms with Gasteiger partial charge in [0.2, 0.25) is 0 Å². The third-order valence-corrected chi connectivity index (χ3v) is 1.22. The van der Waals surface area contributed by atoms with Gasteiger partial charge in [-0.2, -0.15) is 17.7 Å². The third kappa shape index (κ3) is 1.45. The summed E-state index contributed by atoms with van der Waals surface area (Å²) in [6.07, 6.45) is 0. The number of nitrogens with zero attached hydrogens (tertiary/aromatic N) is 2. The maximum absolute atomic E-state index is 4.16. The first-order valence-corrected chi connectivity index (χ1v) is 3.29. The molecule has 0 aliphatic heterocycles. The van der Waals surface area contributed by atoms with Gasteiger partial charge in [-0.05, 0) is 13.8 Å². The standard InChI is InChI=1S/C5H9N3S/c1-3(9)5-6-4(2)7-8-5/h3,9H,1-2H3,(H,6,7,8). The van der Waals surface area contributed by atoms with Gasteiger partial charge in [-0.1, -0.05) is 0 Å². The first-order chi connectivity index (χ1) is 4.20. The van der Waals surface area contributed by atoms with Gasteiger partial charge < -0.3 is 0 Å². The number of hydrogen-bond acceptors (Lipinski definition) is 3. The monoisotopic (exact) mass is 143 g/mol. The van der Waals surface area contributed by atoms with E-state index >= 15 is 0 Å². The lowest BCUT2D eigenvalue weighted by atomic mass is 10.4. The van der Waals surface area contributed by atoms with Crippen LogP contribution >= 0.6 is 12.6 Å². The summed E-state index contributed by atoms with van der Waals surface area (Å²) in [6, 6.07) is 0. The molecule has 0 saturated carbocycles. The molecule has 1 aromatic heterocycles. The van der Waals surface area contributed by atoms with Gasteiger partial charge >= 0.3 is 0 Å². The molecule has 9 heavy (non-hydrogen) atoms. The van der Waals surface area contributed by atoms with Crippen LogP contribution in [0.3, 0.4) is 0 Å². The number of rotatable bonds is 1. The fourth-order valence-corrected chi connectivity index (χ4v) is 0.662. The second kappa shape index (κ2) is 2.39. The van der Waals surface area contributed by atoms with Crippen LogP contribution in [0.2, 0.25) is 0 Å².